The van der Waals surface area contributed by atoms with Crippen LogP contribution < -0.4 is 9.47 Å². The lowest BCUT2D eigenvalue weighted by molar-refractivity contribution is 0.102. The highest BCUT2D eigenvalue weighted by molar-refractivity contribution is 7.99. The second kappa shape index (κ2) is 9.56. The van der Waals surface area contributed by atoms with Gasteiger partial charge in [-0.2, -0.15) is 0 Å². The fraction of sp³-hybridized carbons (Fsp3) is 0.286. The average Bonchev–Trinajstić information content (AvgIpc) is 3.06. The van der Waals surface area contributed by atoms with Gasteiger partial charge in [0, 0.05) is 12.6 Å². The number of Topliss-reactive ketones (excluding diaryl/α,β-unsaturated/α-hetero) is 1. The maximum Gasteiger partial charge on any atom is 0.191 e. The predicted octanol–water partition coefficient (Wildman–Crippen LogP) is 4.22. The van der Waals surface area contributed by atoms with Gasteiger partial charge in [-0.25, -0.2) is 4.39 Å². The van der Waals surface area contributed by atoms with Crippen molar-refractivity contribution in [2.75, 3.05) is 12.4 Å². The van der Waals surface area contributed by atoms with Crippen LogP contribution in [0.4, 0.5) is 4.39 Å². The van der Waals surface area contributed by atoms with E-state index in [0.29, 0.717) is 34.7 Å². The van der Waals surface area contributed by atoms with Crippen molar-refractivity contribution in [3.05, 3.63) is 65.2 Å². The molecule has 0 atom stereocenters. The van der Waals surface area contributed by atoms with E-state index < -0.39 is 0 Å². The van der Waals surface area contributed by atoms with Gasteiger partial charge in [-0.15, -0.1) is 10.2 Å². The van der Waals surface area contributed by atoms with Gasteiger partial charge in [-0.1, -0.05) is 17.8 Å². The van der Waals surface area contributed by atoms with Crippen LogP contribution in [0.5, 0.6) is 11.5 Å². The summed E-state index contributed by atoms with van der Waals surface area (Å²) in [6, 6.07) is 11.3. The third-order valence-corrected chi connectivity index (χ3v) is 5.20. The molecular formula is C21H22FN3O3S. The summed E-state index contributed by atoms with van der Waals surface area (Å²) in [6.07, 6.45) is 0. The summed E-state index contributed by atoms with van der Waals surface area (Å²) in [5.74, 6) is 1.68. The molecule has 0 saturated carbocycles. The molecule has 0 radical (unpaired) electrons. The fourth-order valence-corrected chi connectivity index (χ4v) is 3.42. The summed E-state index contributed by atoms with van der Waals surface area (Å²) in [7, 11) is 1.82. The number of thioether (sulfide) groups is 1. The second-order valence-electron chi connectivity index (χ2n) is 6.35. The molecule has 0 aliphatic heterocycles. The zero-order valence-electron chi connectivity index (χ0n) is 16.5. The smallest absolute Gasteiger partial charge is 0.191 e. The molecule has 0 unspecified atom stereocenters. The standard InChI is InChI=1S/C21H22FN3O3S/c1-4-27-19-11-14(2)5-10-18(19)28-12-20-23-24-21(25(20)3)29-13-17(26)15-6-8-16(22)9-7-15/h5-11H,4,12-13H2,1-3H3. The van der Waals surface area contributed by atoms with Gasteiger partial charge in [0.1, 0.15) is 12.4 Å². The van der Waals surface area contributed by atoms with Crippen molar-refractivity contribution in [2.45, 2.75) is 25.6 Å². The molecule has 0 aliphatic rings. The van der Waals surface area contributed by atoms with Crippen LogP contribution in [0.3, 0.4) is 0 Å². The minimum atomic E-state index is -0.367. The number of hydrogen-bond donors (Lipinski definition) is 0. The van der Waals surface area contributed by atoms with Crippen molar-refractivity contribution in [1.29, 1.82) is 0 Å². The van der Waals surface area contributed by atoms with Crippen molar-refractivity contribution < 1.29 is 18.7 Å². The highest BCUT2D eigenvalue weighted by Crippen LogP contribution is 2.29. The Morgan fingerprint density at radius 1 is 1.10 bits per heavy atom. The van der Waals surface area contributed by atoms with Crippen LogP contribution in [0.1, 0.15) is 28.7 Å². The summed E-state index contributed by atoms with van der Waals surface area (Å²) in [5, 5.41) is 8.89. The maximum atomic E-state index is 13.0. The SMILES string of the molecule is CCOc1cc(C)ccc1OCc1nnc(SCC(=O)c2ccc(F)cc2)n1C. The van der Waals surface area contributed by atoms with Gasteiger partial charge in [0.15, 0.2) is 28.3 Å². The Labute approximate surface area is 173 Å². The highest BCUT2D eigenvalue weighted by Gasteiger charge is 2.14. The molecule has 3 aromatic rings. The van der Waals surface area contributed by atoms with Crippen LogP contribution in [-0.2, 0) is 13.7 Å². The molecule has 1 aromatic heterocycles. The topological polar surface area (TPSA) is 66.2 Å². The van der Waals surface area contributed by atoms with Crippen molar-refractivity contribution in [3.8, 4) is 11.5 Å². The lowest BCUT2D eigenvalue weighted by Gasteiger charge is -2.12. The van der Waals surface area contributed by atoms with Gasteiger partial charge in [-0.05, 0) is 55.8 Å². The summed E-state index contributed by atoms with van der Waals surface area (Å²) >= 11 is 1.28. The summed E-state index contributed by atoms with van der Waals surface area (Å²) in [5.41, 5.74) is 1.55. The monoisotopic (exact) mass is 415 g/mol. The van der Waals surface area contributed by atoms with Gasteiger partial charge in [0.05, 0.1) is 12.4 Å². The molecule has 2 aromatic carbocycles. The molecule has 0 N–H and O–H groups in total. The van der Waals surface area contributed by atoms with E-state index in [1.54, 1.807) is 4.57 Å². The quantitative estimate of drug-likeness (QED) is 0.385. The molecule has 0 fully saturated rings. The molecule has 1 heterocycles. The normalized spacial score (nSPS) is 10.8. The molecule has 152 valence electrons. The molecule has 0 bridgehead atoms. The van der Waals surface area contributed by atoms with Crippen molar-refractivity contribution >= 4 is 17.5 Å². The van der Waals surface area contributed by atoms with E-state index in [1.807, 2.05) is 39.1 Å². The molecule has 29 heavy (non-hydrogen) atoms. The van der Waals surface area contributed by atoms with Gasteiger partial charge in [-0.3, -0.25) is 4.79 Å². The van der Waals surface area contributed by atoms with Crippen LogP contribution >= 0.6 is 11.8 Å². The van der Waals surface area contributed by atoms with Crippen LogP contribution in [0, 0.1) is 12.7 Å². The van der Waals surface area contributed by atoms with E-state index in [1.165, 1.54) is 36.0 Å². The van der Waals surface area contributed by atoms with E-state index in [0.717, 1.165) is 5.56 Å². The summed E-state index contributed by atoms with van der Waals surface area (Å²) in [4.78, 5) is 12.2. The number of carbonyl (C=O) groups excluding carboxylic acids is 1. The number of benzene rings is 2. The Hall–Kier alpha value is -2.87. The Bertz CT molecular complexity index is 989. The van der Waals surface area contributed by atoms with Gasteiger partial charge in [0.25, 0.3) is 0 Å². The van der Waals surface area contributed by atoms with E-state index in [9.17, 15) is 9.18 Å². The van der Waals surface area contributed by atoms with Gasteiger partial charge >= 0.3 is 0 Å². The summed E-state index contributed by atoms with van der Waals surface area (Å²) < 4.78 is 26.3. The predicted molar refractivity (Wildman–Crippen MR) is 109 cm³/mol. The van der Waals surface area contributed by atoms with Crippen molar-refractivity contribution in [2.24, 2.45) is 7.05 Å². The first-order valence-corrected chi connectivity index (χ1v) is 10.1. The van der Waals surface area contributed by atoms with E-state index in [-0.39, 0.29) is 24.0 Å². The van der Waals surface area contributed by atoms with Crippen molar-refractivity contribution in [3.63, 3.8) is 0 Å². The van der Waals surface area contributed by atoms with Crippen LogP contribution in [0.15, 0.2) is 47.6 Å². The number of rotatable bonds is 9. The lowest BCUT2D eigenvalue weighted by atomic mass is 10.1. The number of carbonyl (C=O) groups is 1. The first-order valence-electron chi connectivity index (χ1n) is 9.14. The third-order valence-electron chi connectivity index (χ3n) is 4.18. The highest BCUT2D eigenvalue weighted by atomic mass is 32.2. The average molecular weight is 415 g/mol. The molecule has 3 rings (SSSR count). The molecule has 0 amide bonds. The lowest BCUT2D eigenvalue weighted by Crippen LogP contribution is -2.07. The van der Waals surface area contributed by atoms with Crippen LogP contribution in [-0.4, -0.2) is 32.9 Å². The first-order chi connectivity index (χ1) is 14.0. The minimum absolute atomic E-state index is 0.100. The van der Waals surface area contributed by atoms with Crippen LogP contribution in [0.25, 0.3) is 0 Å². The fourth-order valence-electron chi connectivity index (χ4n) is 2.59. The Kier molecular flexibility index (Phi) is 6.87. The molecule has 0 aliphatic carbocycles. The molecule has 6 nitrogen and oxygen atoms in total. The molecule has 0 saturated heterocycles. The number of ether oxygens (including phenoxy) is 2. The number of aromatic nitrogens is 3. The summed E-state index contributed by atoms with van der Waals surface area (Å²) in [6.45, 7) is 4.68. The van der Waals surface area contributed by atoms with E-state index >= 15 is 0 Å². The third kappa shape index (κ3) is 5.35. The molecular weight excluding hydrogens is 393 g/mol. The maximum absolute atomic E-state index is 13.0. The Morgan fingerprint density at radius 2 is 1.86 bits per heavy atom. The van der Waals surface area contributed by atoms with Gasteiger partial charge < -0.3 is 14.0 Å². The molecule has 0 spiro atoms. The Balaban J connectivity index is 1.61. The van der Waals surface area contributed by atoms with Gasteiger partial charge in [0.2, 0.25) is 0 Å². The molecule has 8 heteroatoms. The minimum Gasteiger partial charge on any atom is -0.490 e. The van der Waals surface area contributed by atoms with Crippen molar-refractivity contribution in [1.82, 2.24) is 14.8 Å². The number of aryl methyl sites for hydroxylation is 1. The number of halogens is 1. The Morgan fingerprint density at radius 3 is 2.59 bits per heavy atom. The van der Waals surface area contributed by atoms with E-state index in [2.05, 4.69) is 10.2 Å². The second-order valence-corrected chi connectivity index (χ2v) is 7.29. The first kappa shape index (κ1) is 20.9. The van der Waals surface area contributed by atoms with Crippen LogP contribution in [0.2, 0.25) is 0 Å². The largest absolute Gasteiger partial charge is 0.490 e. The zero-order valence-corrected chi connectivity index (χ0v) is 17.3. The number of hydrogen-bond acceptors (Lipinski definition) is 6. The zero-order chi connectivity index (χ0) is 20.8. The number of ketones is 1. The van der Waals surface area contributed by atoms with E-state index in [4.69, 9.17) is 9.47 Å². The number of nitrogens with zero attached hydrogens (tertiary/aromatic N) is 3.